The van der Waals surface area contributed by atoms with Gasteiger partial charge in [0.05, 0.1) is 27.5 Å². The Morgan fingerprint density at radius 2 is 1.87 bits per heavy atom. The molecule has 0 spiro atoms. The van der Waals surface area contributed by atoms with Crippen molar-refractivity contribution in [2.24, 2.45) is 0 Å². The van der Waals surface area contributed by atoms with Crippen LogP contribution in [0.3, 0.4) is 0 Å². The smallest absolute Gasteiger partial charge is 0.161 e. The fourth-order valence-electron chi connectivity index (χ4n) is 3.49. The summed E-state index contributed by atoms with van der Waals surface area (Å²) in [7, 11) is 0. The minimum absolute atomic E-state index is 0.218. The van der Waals surface area contributed by atoms with E-state index in [9.17, 15) is 0 Å². The average Bonchev–Trinajstić information content (AvgIpc) is 3.53. The average molecular weight is 413 g/mol. The topological polar surface area (TPSA) is 96.0 Å². The first-order chi connectivity index (χ1) is 14.8. The van der Waals surface area contributed by atoms with Gasteiger partial charge < -0.3 is 4.98 Å². The lowest BCUT2D eigenvalue weighted by Crippen LogP contribution is -1.92. The molecule has 0 unspecified atom stereocenters. The molecule has 9 heteroatoms. The third-order valence-electron chi connectivity index (χ3n) is 4.86. The van der Waals surface area contributed by atoms with Crippen molar-refractivity contribution < 1.29 is 4.39 Å². The fourth-order valence-corrected chi connectivity index (χ4v) is 4.21. The summed E-state index contributed by atoms with van der Waals surface area (Å²) in [6, 6.07) is 9.32. The van der Waals surface area contributed by atoms with E-state index in [1.54, 1.807) is 48.3 Å². The number of thiophene rings is 1. The Morgan fingerprint density at radius 3 is 2.70 bits per heavy atom. The summed E-state index contributed by atoms with van der Waals surface area (Å²) in [4.78, 5) is 21.8. The summed E-state index contributed by atoms with van der Waals surface area (Å²) in [5, 5.41) is 9.49. The van der Waals surface area contributed by atoms with Gasteiger partial charge in [-0.3, -0.25) is 20.1 Å². The van der Waals surface area contributed by atoms with Crippen molar-refractivity contribution in [3.63, 3.8) is 0 Å². The molecule has 0 aliphatic heterocycles. The van der Waals surface area contributed by atoms with E-state index < -0.39 is 5.82 Å². The van der Waals surface area contributed by atoms with E-state index in [2.05, 4.69) is 30.1 Å². The Kier molecular flexibility index (Phi) is 3.68. The minimum atomic E-state index is -0.471. The number of aromatic amines is 2. The van der Waals surface area contributed by atoms with E-state index in [1.165, 1.54) is 0 Å². The van der Waals surface area contributed by atoms with Gasteiger partial charge in [-0.1, -0.05) is 6.07 Å². The Bertz CT molecular complexity index is 1500. The number of nitrogens with zero attached hydrogens (tertiary/aromatic N) is 5. The second kappa shape index (κ2) is 6.53. The van der Waals surface area contributed by atoms with Gasteiger partial charge in [0, 0.05) is 24.2 Å². The highest BCUT2D eigenvalue weighted by molar-refractivity contribution is 7.13. The van der Waals surface area contributed by atoms with E-state index in [1.807, 2.05) is 23.6 Å². The van der Waals surface area contributed by atoms with Gasteiger partial charge in [0.15, 0.2) is 11.6 Å². The van der Waals surface area contributed by atoms with Gasteiger partial charge in [0.25, 0.3) is 0 Å². The van der Waals surface area contributed by atoms with Gasteiger partial charge in [-0.05, 0) is 29.6 Å². The molecular weight excluding hydrogens is 401 g/mol. The molecule has 6 aromatic rings. The number of aromatic nitrogens is 7. The molecule has 6 heterocycles. The molecule has 6 rings (SSSR count). The molecule has 0 aromatic carbocycles. The third-order valence-corrected chi connectivity index (χ3v) is 5.74. The second-order valence-corrected chi connectivity index (χ2v) is 7.59. The zero-order chi connectivity index (χ0) is 20.1. The number of hydrogen-bond acceptors (Lipinski definition) is 6. The van der Waals surface area contributed by atoms with Crippen LogP contribution in [-0.2, 0) is 0 Å². The first-order valence-electron chi connectivity index (χ1n) is 9.11. The van der Waals surface area contributed by atoms with E-state index in [4.69, 9.17) is 4.98 Å². The Labute approximate surface area is 172 Å². The summed E-state index contributed by atoms with van der Waals surface area (Å²) in [6.45, 7) is 0. The summed E-state index contributed by atoms with van der Waals surface area (Å²) < 4.78 is 15.5. The van der Waals surface area contributed by atoms with Gasteiger partial charge in [0.1, 0.15) is 22.6 Å². The second-order valence-electron chi connectivity index (χ2n) is 6.64. The van der Waals surface area contributed by atoms with Crippen LogP contribution >= 0.6 is 11.3 Å². The van der Waals surface area contributed by atoms with Crippen molar-refractivity contribution in [3.8, 4) is 33.3 Å². The molecular formula is C21H12FN7S. The Hall–Kier alpha value is -3.98. The standard InChI is InChI=1S/C21H12FN7S/c22-16-15-13(10-25-17(16)11-3-1-6-23-9-11)28-29-20(15)21-26-12-5-7-24-19(18(12)27-21)14-4-2-8-30-14/h1-10H,(H,26,27)(H,28,29). The predicted octanol–water partition coefficient (Wildman–Crippen LogP) is 4.83. The van der Waals surface area contributed by atoms with E-state index in [-0.39, 0.29) is 5.69 Å². The maximum absolute atomic E-state index is 15.5. The van der Waals surface area contributed by atoms with Crippen LogP contribution in [0.2, 0.25) is 0 Å². The zero-order valence-corrected chi connectivity index (χ0v) is 16.1. The van der Waals surface area contributed by atoms with Crippen molar-refractivity contribution in [3.05, 3.63) is 66.3 Å². The predicted molar refractivity (Wildman–Crippen MR) is 113 cm³/mol. The SMILES string of the molecule is Fc1c(-c2cccnc2)ncc2[nH]nc(-c3nc4c(-c5cccs5)nccc4[nH]3)c12. The van der Waals surface area contributed by atoms with E-state index in [0.717, 1.165) is 16.1 Å². The van der Waals surface area contributed by atoms with Crippen LogP contribution in [0.5, 0.6) is 0 Å². The molecule has 0 radical (unpaired) electrons. The maximum atomic E-state index is 15.5. The number of fused-ring (bicyclic) bond motifs is 2. The van der Waals surface area contributed by atoms with Crippen LogP contribution in [0.4, 0.5) is 4.39 Å². The van der Waals surface area contributed by atoms with Gasteiger partial charge in [-0.25, -0.2) is 9.37 Å². The Morgan fingerprint density at radius 1 is 0.900 bits per heavy atom. The minimum Gasteiger partial charge on any atom is -0.336 e. The van der Waals surface area contributed by atoms with Crippen molar-refractivity contribution in [2.45, 2.75) is 0 Å². The molecule has 0 aliphatic rings. The number of halogens is 1. The molecule has 7 nitrogen and oxygen atoms in total. The van der Waals surface area contributed by atoms with E-state index >= 15 is 4.39 Å². The first-order valence-corrected chi connectivity index (χ1v) is 9.99. The summed E-state index contributed by atoms with van der Waals surface area (Å²) in [6.07, 6.45) is 6.51. The molecule has 0 amide bonds. The first kappa shape index (κ1) is 16.9. The zero-order valence-electron chi connectivity index (χ0n) is 15.3. The number of pyridine rings is 3. The van der Waals surface area contributed by atoms with Crippen LogP contribution in [0.25, 0.3) is 55.3 Å². The molecule has 0 fully saturated rings. The molecule has 0 saturated heterocycles. The summed E-state index contributed by atoms with van der Waals surface area (Å²) in [5.41, 5.74) is 4.00. The highest BCUT2D eigenvalue weighted by Gasteiger charge is 2.21. The maximum Gasteiger partial charge on any atom is 0.161 e. The van der Waals surface area contributed by atoms with Crippen molar-refractivity contribution in [1.82, 2.24) is 35.1 Å². The van der Waals surface area contributed by atoms with Gasteiger partial charge in [-0.15, -0.1) is 11.3 Å². The lowest BCUT2D eigenvalue weighted by molar-refractivity contribution is 0.638. The molecule has 144 valence electrons. The van der Waals surface area contributed by atoms with Gasteiger partial charge in [-0.2, -0.15) is 5.10 Å². The molecule has 0 atom stereocenters. The Balaban J connectivity index is 1.57. The fraction of sp³-hybridized carbons (Fsp3) is 0. The van der Waals surface area contributed by atoms with Gasteiger partial charge >= 0.3 is 0 Å². The molecule has 0 aliphatic carbocycles. The lowest BCUT2D eigenvalue weighted by Gasteiger charge is -2.03. The molecule has 2 N–H and O–H groups in total. The number of rotatable bonds is 3. The van der Waals surface area contributed by atoms with Crippen LogP contribution in [-0.4, -0.2) is 35.1 Å². The summed E-state index contributed by atoms with van der Waals surface area (Å²) in [5.74, 6) is -0.00870. The van der Waals surface area contributed by atoms with Crippen LogP contribution < -0.4 is 0 Å². The third kappa shape index (κ3) is 2.52. The number of H-pyrrole nitrogens is 2. The van der Waals surface area contributed by atoms with Gasteiger partial charge in [0.2, 0.25) is 0 Å². The molecule has 0 bridgehead atoms. The van der Waals surface area contributed by atoms with Crippen molar-refractivity contribution in [1.29, 1.82) is 0 Å². The van der Waals surface area contributed by atoms with E-state index in [0.29, 0.717) is 33.5 Å². The highest BCUT2D eigenvalue weighted by Crippen LogP contribution is 2.34. The molecule has 30 heavy (non-hydrogen) atoms. The summed E-state index contributed by atoms with van der Waals surface area (Å²) >= 11 is 1.59. The molecule has 6 aromatic heterocycles. The monoisotopic (exact) mass is 413 g/mol. The quantitative estimate of drug-likeness (QED) is 0.433. The largest absolute Gasteiger partial charge is 0.336 e. The van der Waals surface area contributed by atoms with Crippen LogP contribution in [0.15, 0.2) is 60.5 Å². The normalized spacial score (nSPS) is 11.5. The lowest BCUT2D eigenvalue weighted by atomic mass is 10.1. The van der Waals surface area contributed by atoms with Crippen molar-refractivity contribution >= 4 is 33.3 Å². The molecule has 0 saturated carbocycles. The van der Waals surface area contributed by atoms with Crippen molar-refractivity contribution in [2.75, 3.05) is 0 Å². The number of imidazole rings is 1. The van der Waals surface area contributed by atoms with Crippen LogP contribution in [0.1, 0.15) is 0 Å². The van der Waals surface area contributed by atoms with Crippen LogP contribution in [0, 0.1) is 5.82 Å². The number of hydrogen-bond donors (Lipinski definition) is 2. The highest BCUT2D eigenvalue weighted by atomic mass is 32.1. The number of nitrogens with one attached hydrogen (secondary N) is 2.